The van der Waals surface area contributed by atoms with Gasteiger partial charge in [0.1, 0.15) is 10.8 Å². The number of aromatic nitrogens is 2. The van der Waals surface area contributed by atoms with E-state index in [1.165, 1.54) is 11.3 Å². The predicted molar refractivity (Wildman–Crippen MR) is 95.8 cm³/mol. The maximum absolute atomic E-state index is 12.1. The number of ether oxygens (including phenoxy) is 1. The molecule has 25 heavy (non-hydrogen) atoms. The third-order valence-corrected chi connectivity index (χ3v) is 5.20. The lowest BCUT2D eigenvalue weighted by atomic mass is 9.84. The van der Waals surface area contributed by atoms with Crippen molar-refractivity contribution < 1.29 is 14.6 Å². The van der Waals surface area contributed by atoms with Gasteiger partial charge >= 0.3 is 0 Å². The summed E-state index contributed by atoms with van der Waals surface area (Å²) >= 11 is 1.36. The lowest BCUT2D eigenvalue weighted by Gasteiger charge is -2.38. The smallest absolute Gasteiger partial charge is 0.240 e. The van der Waals surface area contributed by atoms with E-state index in [1.54, 1.807) is 7.11 Å². The number of aryl methyl sites for hydroxylation is 1. The molecule has 0 spiro atoms. The summed E-state index contributed by atoms with van der Waals surface area (Å²) < 4.78 is 5.16. The Hall–Kier alpha value is -2.03. The van der Waals surface area contributed by atoms with Gasteiger partial charge in [0.2, 0.25) is 11.0 Å². The van der Waals surface area contributed by atoms with Crippen LogP contribution in [0.5, 0.6) is 5.75 Å². The van der Waals surface area contributed by atoms with Crippen molar-refractivity contribution in [2.45, 2.75) is 25.4 Å². The summed E-state index contributed by atoms with van der Waals surface area (Å²) in [5, 5.41) is 22.8. The molecule has 0 radical (unpaired) electrons. The fourth-order valence-electron chi connectivity index (χ4n) is 2.98. The number of carbonyl (C=O) groups is 1. The van der Waals surface area contributed by atoms with E-state index in [0.717, 1.165) is 16.3 Å². The fourth-order valence-corrected chi connectivity index (χ4v) is 3.59. The average molecular weight is 362 g/mol. The molecule has 1 aliphatic heterocycles. The van der Waals surface area contributed by atoms with Crippen LogP contribution in [0, 0.1) is 6.92 Å². The van der Waals surface area contributed by atoms with Crippen LogP contribution < -0.4 is 10.1 Å². The van der Waals surface area contributed by atoms with E-state index in [4.69, 9.17) is 4.74 Å². The number of amides is 1. The van der Waals surface area contributed by atoms with Crippen molar-refractivity contribution in [3.63, 3.8) is 0 Å². The van der Waals surface area contributed by atoms with Crippen molar-refractivity contribution in [1.29, 1.82) is 0 Å². The monoisotopic (exact) mass is 362 g/mol. The second-order valence-electron chi connectivity index (χ2n) is 6.21. The topological polar surface area (TPSA) is 87.6 Å². The van der Waals surface area contributed by atoms with Gasteiger partial charge in [-0.2, -0.15) is 0 Å². The highest BCUT2D eigenvalue weighted by Gasteiger charge is 2.34. The van der Waals surface area contributed by atoms with Crippen LogP contribution in [0.25, 0.3) is 0 Å². The zero-order chi connectivity index (χ0) is 17.9. The van der Waals surface area contributed by atoms with Gasteiger partial charge in [-0.05, 0) is 37.5 Å². The van der Waals surface area contributed by atoms with Crippen molar-refractivity contribution in [3.05, 3.63) is 34.8 Å². The molecule has 0 aliphatic carbocycles. The second kappa shape index (κ2) is 7.47. The molecule has 1 aromatic carbocycles. The molecular formula is C17H22N4O3S. The lowest BCUT2D eigenvalue weighted by Crippen LogP contribution is -2.45. The number of nitrogens with one attached hydrogen (secondary N) is 1. The third-order valence-electron chi connectivity index (χ3n) is 4.45. The summed E-state index contributed by atoms with van der Waals surface area (Å²) in [5.74, 6) is 0.666. The number of benzene rings is 1. The minimum Gasteiger partial charge on any atom is -0.497 e. The number of methoxy groups -OCH3 is 1. The van der Waals surface area contributed by atoms with Crippen molar-refractivity contribution in [1.82, 2.24) is 15.1 Å². The van der Waals surface area contributed by atoms with Crippen LogP contribution in [0.3, 0.4) is 0 Å². The molecule has 0 atom stereocenters. The van der Waals surface area contributed by atoms with Crippen LogP contribution in [-0.2, 0) is 10.4 Å². The van der Waals surface area contributed by atoms with Crippen molar-refractivity contribution in [3.8, 4) is 5.75 Å². The number of nitrogens with zero attached hydrogens (tertiary/aromatic N) is 3. The zero-order valence-electron chi connectivity index (χ0n) is 14.4. The van der Waals surface area contributed by atoms with Gasteiger partial charge in [0.25, 0.3) is 0 Å². The molecule has 134 valence electrons. The molecule has 2 heterocycles. The number of piperidine rings is 1. The number of aliphatic hydroxyl groups is 1. The highest BCUT2D eigenvalue weighted by Crippen LogP contribution is 2.33. The molecule has 1 fully saturated rings. The molecule has 8 heteroatoms. The van der Waals surface area contributed by atoms with Gasteiger partial charge < -0.3 is 9.84 Å². The standard InChI is InChI=1S/C17H22N4O3S/c1-12-19-20-16(25-12)18-15(22)11-21-9-7-17(23,8-10-21)13-3-5-14(24-2)6-4-13/h3-6,23H,7-11H2,1-2H3,(H,18,20,22). The fraction of sp³-hybridized carbons (Fsp3) is 0.471. The Morgan fingerprint density at radius 2 is 2.00 bits per heavy atom. The Bertz CT molecular complexity index is 724. The quantitative estimate of drug-likeness (QED) is 0.843. The van der Waals surface area contributed by atoms with Crippen LogP contribution in [0.4, 0.5) is 5.13 Å². The Balaban J connectivity index is 1.52. The number of likely N-dealkylation sites (tertiary alicyclic amines) is 1. The van der Waals surface area contributed by atoms with E-state index in [1.807, 2.05) is 36.1 Å². The van der Waals surface area contributed by atoms with Gasteiger partial charge in [-0.3, -0.25) is 15.0 Å². The van der Waals surface area contributed by atoms with Gasteiger partial charge in [-0.25, -0.2) is 0 Å². The first kappa shape index (κ1) is 17.8. The molecule has 3 rings (SSSR count). The van der Waals surface area contributed by atoms with E-state index < -0.39 is 5.60 Å². The van der Waals surface area contributed by atoms with E-state index >= 15 is 0 Å². The number of hydrogen-bond acceptors (Lipinski definition) is 7. The summed E-state index contributed by atoms with van der Waals surface area (Å²) in [6.45, 7) is 3.45. The molecule has 2 aromatic rings. The molecule has 2 N–H and O–H groups in total. The van der Waals surface area contributed by atoms with E-state index in [-0.39, 0.29) is 12.5 Å². The zero-order valence-corrected chi connectivity index (χ0v) is 15.2. The van der Waals surface area contributed by atoms with Crippen LogP contribution in [0.15, 0.2) is 24.3 Å². The maximum atomic E-state index is 12.1. The Morgan fingerprint density at radius 3 is 2.56 bits per heavy atom. The van der Waals surface area contributed by atoms with Crippen LogP contribution in [0.2, 0.25) is 0 Å². The summed E-state index contributed by atoms with van der Waals surface area (Å²) in [7, 11) is 1.62. The van der Waals surface area contributed by atoms with Crippen molar-refractivity contribution in [2.24, 2.45) is 0 Å². The first-order chi connectivity index (χ1) is 12.0. The SMILES string of the molecule is COc1ccc(C2(O)CCN(CC(=O)Nc3nnc(C)s3)CC2)cc1. The number of carbonyl (C=O) groups excluding carboxylic acids is 1. The Kier molecular flexibility index (Phi) is 5.31. The maximum Gasteiger partial charge on any atom is 0.240 e. The van der Waals surface area contributed by atoms with Crippen molar-refractivity contribution in [2.75, 3.05) is 32.1 Å². The normalized spacial score (nSPS) is 17.2. The summed E-state index contributed by atoms with van der Waals surface area (Å²) in [6, 6.07) is 7.52. The minimum atomic E-state index is -0.852. The molecule has 1 aliphatic rings. The minimum absolute atomic E-state index is 0.106. The first-order valence-electron chi connectivity index (χ1n) is 8.18. The van der Waals surface area contributed by atoms with Gasteiger partial charge in [-0.1, -0.05) is 23.5 Å². The first-order valence-corrected chi connectivity index (χ1v) is 8.99. The van der Waals surface area contributed by atoms with Gasteiger partial charge in [0.15, 0.2) is 0 Å². The van der Waals surface area contributed by atoms with Gasteiger partial charge in [-0.15, -0.1) is 10.2 Å². The highest BCUT2D eigenvalue weighted by molar-refractivity contribution is 7.15. The average Bonchev–Trinajstić information content (AvgIpc) is 3.02. The van der Waals surface area contributed by atoms with Crippen molar-refractivity contribution >= 4 is 22.4 Å². The largest absolute Gasteiger partial charge is 0.497 e. The lowest BCUT2D eigenvalue weighted by molar-refractivity contribution is -0.118. The van der Waals surface area contributed by atoms with Crippen LogP contribution in [0.1, 0.15) is 23.4 Å². The Morgan fingerprint density at radius 1 is 1.32 bits per heavy atom. The number of rotatable bonds is 5. The summed E-state index contributed by atoms with van der Waals surface area (Å²) in [4.78, 5) is 14.1. The van der Waals surface area contributed by atoms with E-state index in [0.29, 0.717) is 31.1 Å². The molecule has 1 amide bonds. The van der Waals surface area contributed by atoms with E-state index in [2.05, 4.69) is 15.5 Å². The van der Waals surface area contributed by atoms with Crippen LogP contribution >= 0.6 is 11.3 Å². The summed E-state index contributed by atoms with van der Waals surface area (Å²) in [5.41, 5.74) is 0.0389. The molecule has 0 unspecified atom stereocenters. The third kappa shape index (κ3) is 4.33. The Labute approximate surface area is 150 Å². The molecule has 7 nitrogen and oxygen atoms in total. The number of anilines is 1. The highest BCUT2D eigenvalue weighted by atomic mass is 32.1. The molecular weight excluding hydrogens is 340 g/mol. The molecule has 0 saturated carbocycles. The summed E-state index contributed by atoms with van der Waals surface area (Å²) in [6.07, 6.45) is 1.18. The number of hydrogen-bond donors (Lipinski definition) is 2. The van der Waals surface area contributed by atoms with Gasteiger partial charge in [0, 0.05) is 13.1 Å². The second-order valence-corrected chi connectivity index (χ2v) is 7.39. The van der Waals surface area contributed by atoms with Gasteiger partial charge in [0.05, 0.1) is 19.3 Å². The van der Waals surface area contributed by atoms with E-state index in [9.17, 15) is 9.90 Å². The predicted octanol–water partition coefficient (Wildman–Crippen LogP) is 1.78. The van der Waals surface area contributed by atoms with Crippen LogP contribution in [-0.4, -0.2) is 52.9 Å². The molecule has 0 bridgehead atoms. The molecule has 1 aromatic heterocycles. The molecule has 1 saturated heterocycles.